The van der Waals surface area contributed by atoms with Crippen molar-refractivity contribution in [2.75, 3.05) is 18.5 Å². The van der Waals surface area contributed by atoms with Gasteiger partial charge in [-0.1, -0.05) is 30.5 Å². The minimum Gasteiger partial charge on any atom is -0.393 e. The van der Waals surface area contributed by atoms with E-state index in [2.05, 4.69) is 44.0 Å². The molecular formula is C16H25NO. The number of nitrogens with zero attached hydrogens (tertiary/aromatic N) is 1. The largest absolute Gasteiger partial charge is 0.393 e. The summed E-state index contributed by atoms with van der Waals surface area (Å²) in [5, 5.41) is 10.1. The molecule has 1 N–H and O–H groups in total. The SMILES string of the molecule is Cc1ccc(N(C)CC2CCCCC2O)c(C)c1. The normalized spacial score (nSPS) is 24.0. The first-order chi connectivity index (χ1) is 8.58. The lowest BCUT2D eigenvalue weighted by molar-refractivity contribution is 0.0736. The number of benzene rings is 1. The van der Waals surface area contributed by atoms with Crippen molar-refractivity contribution < 1.29 is 5.11 Å². The molecule has 2 heteroatoms. The lowest BCUT2D eigenvalue weighted by Gasteiger charge is -2.32. The standard InChI is InChI=1S/C16H25NO/c1-12-8-9-15(13(2)10-12)17(3)11-14-6-4-5-7-16(14)18/h8-10,14,16,18H,4-7,11H2,1-3H3. The average molecular weight is 247 g/mol. The fourth-order valence-electron chi connectivity index (χ4n) is 3.08. The van der Waals surface area contributed by atoms with E-state index < -0.39 is 0 Å². The molecule has 1 fully saturated rings. The first kappa shape index (κ1) is 13.4. The van der Waals surface area contributed by atoms with Crippen LogP contribution >= 0.6 is 0 Å². The highest BCUT2D eigenvalue weighted by Gasteiger charge is 2.24. The molecule has 1 aliphatic rings. The molecule has 2 nitrogen and oxygen atoms in total. The first-order valence-electron chi connectivity index (χ1n) is 7.04. The molecule has 0 amide bonds. The second-order valence-corrected chi connectivity index (χ2v) is 5.78. The molecule has 0 aromatic heterocycles. The summed E-state index contributed by atoms with van der Waals surface area (Å²) in [5.74, 6) is 0.435. The summed E-state index contributed by atoms with van der Waals surface area (Å²) < 4.78 is 0. The van der Waals surface area contributed by atoms with Gasteiger partial charge in [-0.3, -0.25) is 0 Å². The second kappa shape index (κ2) is 5.75. The number of hydrogen-bond acceptors (Lipinski definition) is 2. The fourth-order valence-corrected chi connectivity index (χ4v) is 3.08. The molecule has 0 bridgehead atoms. The molecule has 0 aliphatic heterocycles. The predicted octanol–water partition coefficient (Wildman–Crippen LogP) is 3.29. The summed E-state index contributed by atoms with van der Waals surface area (Å²) in [7, 11) is 2.14. The average Bonchev–Trinajstić information content (AvgIpc) is 2.32. The number of aliphatic hydroxyl groups excluding tert-OH is 1. The van der Waals surface area contributed by atoms with Crippen molar-refractivity contribution >= 4 is 5.69 Å². The zero-order valence-corrected chi connectivity index (χ0v) is 11.8. The summed E-state index contributed by atoms with van der Waals surface area (Å²) in [6, 6.07) is 6.58. The van der Waals surface area contributed by atoms with E-state index in [1.807, 2.05) is 0 Å². The van der Waals surface area contributed by atoms with Crippen LogP contribution in [0.4, 0.5) is 5.69 Å². The van der Waals surface area contributed by atoms with Crippen LogP contribution in [-0.2, 0) is 0 Å². The number of aryl methyl sites for hydroxylation is 2. The Morgan fingerprint density at radius 1 is 1.22 bits per heavy atom. The van der Waals surface area contributed by atoms with Gasteiger partial charge >= 0.3 is 0 Å². The Morgan fingerprint density at radius 2 is 1.94 bits per heavy atom. The van der Waals surface area contributed by atoms with E-state index in [-0.39, 0.29) is 6.10 Å². The second-order valence-electron chi connectivity index (χ2n) is 5.78. The Balaban J connectivity index is 2.04. The Hall–Kier alpha value is -1.02. The third-order valence-corrected chi connectivity index (χ3v) is 4.14. The Labute approximate surface area is 111 Å². The molecule has 2 atom stereocenters. The summed E-state index contributed by atoms with van der Waals surface area (Å²) in [6.07, 6.45) is 4.49. The van der Waals surface area contributed by atoms with Crippen molar-refractivity contribution in [3.8, 4) is 0 Å². The van der Waals surface area contributed by atoms with Gasteiger partial charge in [-0.05, 0) is 38.3 Å². The maximum absolute atomic E-state index is 10.1. The number of anilines is 1. The van der Waals surface area contributed by atoms with Gasteiger partial charge in [-0.2, -0.15) is 0 Å². The van der Waals surface area contributed by atoms with E-state index >= 15 is 0 Å². The van der Waals surface area contributed by atoms with Gasteiger partial charge in [0.25, 0.3) is 0 Å². The molecule has 0 saturated heterocycles. The maximum atomic E-state index is 10.1. The van der Waals surface area contributed by atoms with Crippen LogP contribution in [0.1, 0.15) is 36.8 Å². The topological polar surface area (TPSA) is 23.5 Å². The van der Waals surface area contributed by atoms with Gasteiger partial charge in [0, 0.05) is 25.2 Å². The van der Waals surface area contributed by atoms with Crippen LogP contribution in [0.5, 0.6) is 0 Å². The number of aliphatic hydroxyl groups is 1. The van der Waals surface area contributed by atoms with Crippen molar-refractivity contribution in [1.29, 1.82) is 0 Å². The van der Waals surface area contributed by atoms with E-state index in [0.717, 1.165) is 19.4 Å². The first-order valence-corrected chi connectivity index (χ1v) is 7.04. The lowest BCUT2D eigenvalue weighted by Crippen LogP contribution is -2.35. The third kappa shape index (κ3) is 3.05. The molecular weight excluding hydrogens is 222 g/mol. The molecule has 1 aromatic rings. The molecule has 2 unspecified atom stereocenters. The molecule has 1 saturated carbocycles. The molecule has 18 heavy (non-hydrogen) atoms. The summed E-state index contributed by atoms with van der Waals surface area (Å²) >= 11 is 0. The van der Waals surface area contributed by atoms with Crippen LogP contribution in [0.15, 0.2) is 18.2 Å². The monoisotopic (exact) mass is 247 g/mol. The van der Waals surface area contributed by atoms with Gasteiger partial charge in [0.15, 0.2) is 0 Å². The Kier molecular flexibility index (Phi) is 4.28. The predicted molar refractivity (Wildman–Crippen MR) is 77.2 cm³/mol. The van der Waals surface area contributed by atoms with Gasteiger partial charge in [0.1, 0.15) is 0 Å². The van der Waals surface area contributed by atoms with E-state index in [0.29, 0.717) is 5.92 Å². The highest BCUT2D eigenvalue weighted by Crippen LogP contribution is 2.27. The smallest absolute Gasteiger partial charge is 0.0585 e. The molecule has 1 aromatic carbocycles. The van der Waals surface area contributed by atoms with Crippen LogP contribution in [0, 0.1) is 19.8 Å². The summed E-state index contributed by atoms with van der Waals surface area (Å²) in [5.41, 5.74) is 3.92. The van der Waals surface area contributed by atoms with Crippen LogP contribution < -0.4 is 4.90 Å². The fraction of sp³-hybridized carbons (Fsp3) is 0.625. The molecule has 2 rings (SSSR count). The van der Waals surface area contributed by atoms with Crippen molar-refractivity contribution in [3.63, 3.8) is 0 Å². The van der Waals surface area contributed by atoms with Crippen LogP contribution in [-0.4, -0.2) is 24.8 Å². The zero-order chi connectivity index (χ0) is 13.1. The van der Waals surface area contributed by atoms with E-state index in [1.165, 1.54) is 29.7 Å². The maximum Gasteiger partial charge on any atom is 0.0585 e. The van der Waals surface area contributed by atoms with Crippen LogP contribution in [0.2, 0.25) is 0 Å². The zero-order valence-electron chi connectivity index (χ0n) is 11.8. The van der Waals surface area contributed by atoms with Crippen LogP contribution in [0.3, 0.4) is 0 Å². The number of hydrogen-bond donors (Lipinski definition) is 1. The molecule has 0 heterocycles. The van der Waals surface area contributed by atoms with E-state index in [9.17, 15) is 5.11 Å². The Morgan fingerprint density at radius 3 is 2.61 bits per heavy atom. The van der Waals surface area contributed by atoms with Crippen molar-refractivity contribution in [2.24, 2.45) is 5.92 Å². The number of rotatable bonds is 3. The van der Waals surface area contributed by atoms with Crippen molar-refractivity contribution in [3.05, 3.63) is 29.3 Å². The van der Waals surface area contributed by atoms with Gasteiger partial charge in [0.2, 0.25) is 0 Å². The summed E-state index contributed by atoms with van der Waals surface area (Å²) in [4.78, 5) is 2.30. The molecule has 100 valence electrons. The lowest BCUT2D eigenvalue weighted by atomic mass is 9.86. The summed E-state index contributed by atoms with van der Waals surface area (Å²) in [6.45, 7) is 5.25. The van der Waals surface area contributed by atoms with E-state index in [4.69, 9.17) is 0 Å². The third-order valence-electron chi connectivity index (χ3n) is 4.14. The molecule has 0 radical (unpaired) electrons. The highest BCUT2D eigenvalue weighted by atomic mass is 16.3. The van der Waals surface area contributed by atoms with Gasteiger partial charge < -0.3 is 10.0 Å². The van der Waals surface area contributed by atoms with Gasteiger partial charge in [0.05, 0.1) is 6.10 Å². The Bertz CT molecular complexity index is 402. The van der Waals surface area contributed by atoms with Crippen molar-refractivity contribution in [2.45, 2.75) is 45.6 Å². The molecule has 0 spiro atoms. The van der Waals surface area contributed by atoms with Gasteiger partial charge in [-0.15, -0.1) is 0 Å². The van der Waals surface area contributed by atoms with E-state index in [1.54, 1.807) is 0 Å². The highest BCUT2D eigenvalue weighted by molar-refractivity contribution is 5.53. The van der Waals surface area contributed by atoms with Crippen molar-refractivity contribution in [1.82, 2.24) is 0 Å². The van der Waals surface area contributed by atoms with Gasteiger partial charge in [-0.25, -0.2) is 0 Å². The van der Waals surface area contributed by atoms with Crippen LogP contribution in [0.25, 0.3) is 0 Å². The quantitative estimate of drug-likeness (QED) is 0.886. The minimum atomic E-state index is -0.105. The minimum absolute atomic E-state index is 0.105. The molecule has 1 aliphatic carbocycles.